The van der Waals surface area contributed by atoms with E-state index < -0.39 is 5.91 Å². The summed E-state index contributed by atoms with van der Waals surface area (Å²) >= 11 is 0. The lowest BCUT2D eigenvalue weighted by Crippen LogP contribution is -2.34. The summed E-state index contributed by atoms with van der Waals surface area (Å²) in [7, 11) is 0. The van der Waals surface area contributed by atoms with Crippen molar-refractivity contribution in [2.45, 2.75) is 52.6 Å². The van der Waals surface area contributed by atoms with Gasteiger partial charge in [0.25, 0.3) is 5.91 Å². The number of unbranched alkanes of at least 4 members (excludes halogenated alkanes) is 1. The lowest BCUT2D eigenvalue weighted by atomic mass is 10.1. The number of halogens is 1. The summed E-state index contributed by atoms with van der Waals surface area (Å²) in [6, 6.07) is 4.73. The van der Waals surface area contributed by atoms with E-state index in [9.17, 15) is 9.18 Å². The molecule has 0 fully saturated rings. The van der Waals surface area contributed by atoms with Crippen molar-refractivity contribution in [1.82, 2.24) is 10.3 Å². The smallest absolute Gasteiger partial charge is 0.265 e. The van der Waals surface area contributed by atoms with Crippen LogP contribution in [0.25, 0.3) is 0 Å². The Morgan fingerprint density at radius 1 is 1.43 bits per heavy atom. The van der Waals surface area contributed by atoms with Crippen molar-refractivity contribution in [3.63, 3.8) is 0 Å². The van der Waals surface area contributed by atoms with Crippen LogP contribution in [0.4, 0.5) is 4.39 Å². The summed E-state index contributed by atoms with van der Waals surface area (Å²) in [6.45, 7) is 7.84. The molecule has 1 aromatic rings. The van der Waals surface area contributed by atoms with Crippen LogP contribution in [0.15, 0.2) is 18.2 Å². The minimum atomic E-state index is -0.403. The van der Waals surface area contributed by atoms with Crippen LogP contribution in [0.1, 0.15) is 56.0 Å². The van der Waals surface area contributed by atoms with Gasteiger partial charge in [-0.15, -0.1) is 0 Å². The molecule has 0 radical (unpaired) electrons. The van der Waals surface area contributed by atoms with E-state index in [4.69, 9.17) is 5.84 Å². The first-order valence-electron chi connectivity index (χ1n) is 7.56. The van der Waals surface area contributed by atoms with Crippen LogP contribution in [0.5, 0.6) is 0 Å². The van der Waals surface area contributed by atoms with Crippen molar-refractivity contribution in [3.05, 3.63) is 35.1 Å². The lowest BCUT2D eigenvalue weighted by Gasteiger charge is -2.28. The van der Waals surface area contributed by atoms with Crippen molar-refractivity contribution in [1.29, 1.82) is 0 Å². The summed E-state index contributed by atoms with van der Waals surface area (Å²) < 4.78 is 14.0. The molecule has 1 rings (SSSR count). The third kappa shape index (κ3) is 5.10. The molecule has 0 aliphatic carbocycles. The zero-order valence-corrected chi connectivity index (χ0v) is 13.2. The van der Waals surface area contributed by atoms with Crippen molar-refractivity contribution in [3.8, 4) is 0 Å². The van der Waals surface area contributed by atoms with Crippen LogP contribution < -0.4 is 11.3 Å². The molecule has 0 saturated carbocycles. The lowest BCUT2D eigenvalue weighted by molar-refractivity contribution is 0.0953. The third-order valence-corrected chi connectivity index (χ3v) is 3.83. The van der Waals surface area contributed by atoms with E-state index in [1.165, 1.54) is 12.1 Å². The molecule has 1 aromatic carbocycles. The van der Waals surface area contributed by atoms with Crippen molar-refractivity contribution < 1.29 is 9.18 Å². The molecule has 3 N–H and O–H groups in total. The third-order valence-electron chi connectivity index (χ3n) is 3.83. The predicted octanol–water partition coefficient (Wildman–Crippen LogP) is 2.83. The molecule has 0 bridgehead atoms. The highest BCUT2D eigenvalue weighted by atomic mass is 19.1. The molecular formula is C16H26FN3O. The maximum Gasteiger partial charge on any atom is 0.265 e. The highest BCUT2D eigenvalue weighted by Gasteiger charge is 2.16. The van der Waals surface area contributed by atoms with Gasteiger partial charge in [0.15, 0.2) is 0 Å². The molecule has 0 heterocycles. The van der Waals surface area contributed by atoms with Crippen LogP contribution in [0, 0.1) is 5.82 Å². The minimum Gasteiger partial charge on any atom is -0.296 e. The second kappa shape index (κ2) is 8.74. The van der Waals surface area contributed by atoms with Gasteiger partial charge in [0.1, 0.15) is 5.82 Å². The molecule has 118 valence electrons. The predicted molar refractivity (Wildman–Crippen MR) is 83.1 cm³/mol. The fourth-order valence-electron chi connectivity index (χ4n) is 2.21. The Balaban J connectivity index is 2.93. The number of nitrogens with zero attached hydrogens (tertiary/aromatic N) is 1. The number of carbonyl (C=O) groups excluding carboxylic acids is 1. The highest BCUT2D eigenvalue weighted by molar-refractivity contribution is 5.93. The molecular weight excluding hydrogens is 269 g/mol. The summed E-state index contributed by atoms with van der Waals surface area (Å²) in [6.07, 6.45) is 3.19. The molecule has 0 aliphatic rings. The largest absolute Gasteiger partial charge is 0.296 e. The average molecular weight is 295 g/mol. The van der Waals surface area contributed by atoms with Crippen molar-refractivity contribution in [2.24, 2.45) is 5.84 Å². The van der Waals surface area contributed by atoms with E-state index in [0.29, 0.717) is 23.7 Å². The van der Waals surface area contributed by atoms with Crippen LogP contribution in [-0.4, -0.2) is 23.4 Å². The molecule has 1 unspecified atom stereocenters. The zero-order valence-electron chi connectivity index (χ0n) is 13.2. The number of amides is 1. The van der Waals surface area contributed by atoms with Gasteiger partial charge in [-0.1, -0.05) is 20.3 Å². The number of rotatable bonds is 8. The van der Waals surface area contributed by atoms with Gasteiger partial charge in [-0.25, -0.2) is 10.2 Å². The van der Waals surface area contributed by atoms with Gasteiger partial charge in [0.2, 0.25) is 0 Å². The van der Waals surface area contributed by atoms with E-state index in [-0.39, 0.29) is 5.82 Å². The van der Waals surface area contributed by atoms with Gasteiger partial charge in [-0.3, -0.25) is 15.1 Å². The number of hydrogen-bond donors (Lipinski definition) is 2. The highest BCUT2D eigenvalue weighted by Crippen LogP contribution is 2.16. The van der Waals surface area contributed by atoms with Crippen molar-refractivity contribution in [2.75, 3.05) is 6.54 Å². The van der Waals surface area contributed by atoms with E-state index in [2.05, 4.69) is 31.1 Å². The van der Waals surface area contributed by atoms with E-state index in [1.807, 2.05) is 0 Å². The number of nitrogen functional groups attached to an aromatic ring is 1. The molecule has 1 amide bonds. The second-order valence-electron chi connectivity index (χ2n) is 5.36. The average Bonchev–Trinajstić information content (AvgIpc) is 2.51. The molecule has 0 aliphatic heterocycles. The van der Waals surface area contributed by atoms with Crippen LogP contribution in [0.3, 0.4) is 0 Å². The van der Waals surface area contributed by atoms with Gasteiger partial charge < -0.3 is 0 Å². The molecule has 1 atom stereocenters. The SMILES string of the molecule is CCCCN(Cc1cc(C(=O)NN)ccc1F)C(C)CC. The first-order valence-corrected chi connectivity index (χ1v) is 7.56. The van der Waals surface area contributed by atoms with E-state index in [0.717, 1.165) is 25.8 Å². The molecule has 0 saturated heterocycles. The standard InChI is InChI=1S/C16H26FN3O/c1-4-6-9-20(12(3)5-2)11-14-10-13(16(21)19-18)7-8-15(14)17/h7-8,10,12H,4-6,9,11,18H2,1-3H3,(H,19,21). The van der Waals surface area contributed by atoms with Crippen LogP contribution >= 0.6 is 0 Å². The molecule has 5 heteroatoms. The number of nitrogens with two attached hydrogens (primary N) is 1. The Bertz CT molecular complexity index is 465. The Morgan fingerprint density at radius 3 is 2.71 bits per heavy atom. The molecule has 0 spiro atoms. The number of carbonyl (C=O) groups is 1. The number of hydrogen-bond acceptors (Lipinski definition) is 3. The zero-order chi connectivity index (χ0) is 15.8. The van der Waals surface area contributed by atoms with Crippen molar-refractivity contribution >= 4 is 5.91 Å². The fraction of sp³-hybridized carbons (Fsp3) is 0.562. The summed E-state index contributed by atoms with van der Waals surface area (Å²) in [5, 5.41) is 0. The Labute approximate surface area is 126 Å². The maximum atomic E-state index is 14.0. The van der Waals surface area contributed by atoms with E-state index >= 15 is 0 Å². The monoisotopic (exact) mass is 295 g/mol. The minimum absolute atomic E-state index is 0.284. The second-order valence-corrected chi connectivity index (χ2v) is 5.36. The summed E-state index contributed by atoms with van der Waals surface area (Å²) in [5.41, 5.74) is 2.99. The maximum absolute atomic E-state index is 14.0. The van der Waals surface area contributed by atoms with Crippen LogP contribution in [0.2, 0.25) is 0 Å². The van der Waals surface area contributed by atoms with Gasteiger partial charge >= 0.3 is 0 Å². The number of nitrogens with one attached hydrogen (secondary N) is 1. The van der Waals surface area contributed by atoms with Gasteiger partial charge in [0, 0.05) is 23.7 Å². The molecule has 4 nitrogen and oxygen atoms in total. The van der Waals surface area contributed by atoms with Gasteiger partial charge in [-0.05, 0) is 44.5 Å². The Hall–Kier alpha value is -1.46. The fourth-order valence-corrected chi connectivity index (χ4v) is 2.21. The molecule has 0 aromatic heterocycles. The summed E-state index contributed by atoms with van der Waals surface area (Å²) in [4.78, 5) is 13.8. The number of hydrazine groups is 1. The van der Waals surface area contributed by atoms with E-state index in [1.54, 1.807) is 6.07 Å². The Morgan fingerprint density at radius 2 is 2.14 bits per heavy atom. The Kier molecular flexibility index (Phi) is 7.32. The topological polar surface area (TPSA) is 58.4 Å². The summed E-state index contributed by atoms with van der Waals surface area (Å²) in [5.74, 6) is 4.44. The quantitative estimate of drug-likeness (QED) is 0.440. The van der Waals surface area contributed by atoms with Crippen LogP contribution in [-0.2, 0) is 6.54 Å². The first kappa shape index (κ1) is 17.6. The molecule has 21 heavy (non-hydrogen) atoms. The number of benzene rings is 1. The first-order chi connectivity index (χ1) is 10.0. The normalized spacial score (nSPS) is 12.5. The van der Waals surface area contributed by atoms with Gasteiger partial charge in [-0.2, -0.15) is 0 Å². The van der Waals surface area contributed by atoms with Gasteiger partial charge in [0.05, 0.1) is 0 Å².